The van der Waals surface area contributed by atoms with Gasteiger partial charge in [-0.3, -0.25) is 4.79 Å². The first kappa shape index (κ1) is 15.9. The van der Waals surface area contributed by atoms with Crippen molar-refractivity contribution in [3.05, 3.63) is 76.2 Å². The predicted molar refractivity (Wildman–Crippen MR) is 85.4 cm³/mol. The Balaban J connectivity index is 1.81. The SMILES string of the molecule is NN(N=O)C(=O)Cc1ccc(CCCc2ccccc2)cc1. The minimum atomic E-state index is -0.521. The Morgan fingerprint density at radius 1 is 0.909 bits per heavy atom. The second kappa shape index (κ2) is 8.05. The van der Waals surface area contributed by atoms with Gasteiger partial charge in [0.05, 0.1) is 11.7 Å². The zero-order valence-corrected chi connectivity index (χ0v) is 12.3. The third-order valence-electron chi connectivity index (χ3n) is 3.50. The predicted octanol–water partition coefficient (Wildman–Crippen LogP) is 2.79. The smallest absolute Gasteiger partial charge is 0.264 e. The monoisotopic (exact) mass is 297 g/mol. The van der Waals surface area contributed by atoms with Gasteiger partial charge in [0.2, 0.25) is 0 Å². The van der Waals surface area contributed by atoms with E-state index in [1.165, 1.54) is 11.1 Å². The highest BCUT2D eigenvalue weighted by Gasteiger charge is 2.10. The fourth-order valence-corrected chi connectivity index (χ4v) is 2.27. The zero-order valence-electron chi connectivity index (χ0n) is 12.3. The number of hydrogen-bond donors (Lipinski definition) is 1. The zero-order chi connectivity index (χ0) is 15.8. The molecule has 0 fully saturated rings. The molecule has 0 atom stereocenters. The van der Waals surface area contributed by atoms with Gasteiger partial charge < -0.3 is 0 Å². The van der Waals surface area contributed by atoms with Crippen LogP contribution < -0.4 is 5.84 Å². The first-order valence-corrected chi connectivity index (χ1v) is 7.21. The van der Waals surface area contributed by atoms with E-state index >= 15 is 0 Å². The van der Waals surface area contributed by atoms with E-state index < -0.39 is 5.91 Å². The van der Waals surface area contributed by atoms with Crippen molar-refractivity contribution in [2.45, 2.75) is 25.7 Å². The van der Waals surface area contributed by atoms with E-state index in [9.17, 15) is 9.70 Å². The van der Waals surface area contributed by atoms with E-state index in [0.29, 0.717) is 5.12 Å². The van der Waals surface area contributed by atoms with Crippen LogP contribution in [0.1, 0.15) is 23.1 Å². The van der Waals surface area contributed by atoms with Gasteiger partial charge in [-0.25, -0.2) is 5.84 Å². The highest BCUT2D eigenvalue weighted by Crippen LogP contribution is 2.10. The Morgan fingerprint density at radius 3 is 2.05 bits per heavy atom. The molecule has 0 aliphatic heterocycles. The van der Waals surface area contributed by atoms with E-state index in [-0.39, 0.29) is 6.42 Å². The van der Waals surface area contributed by atoms with Crippen molar-refractivity contribution in [3.63, 3.8) is 0 Å². The Hall–Kier alpha value is -2.53. The summed E-state index contributed by atoms with van der Waals surface area (Å²) in [6, 6.07) is 18.2. The summed E-state index contributed by atoms with van der Waals surface area (Å²) in [5.41, 5.74) is 3.38. The molecule has 5 heteroatoms. The van der Waals surface area contributed by atoms with Crippen molar-refractivity contribution in [2.75, 3.05) is 0 Å². The Kier molecular flexibility index (Phi) is 5.80. The molecule has 0 aromatic heterocycles. The van der Waals surface area contributed by atoms with Gasteiger partial charge in [0.1, 0.15) is 0 Å². The maximum atomic E-state index is 11.5. The second-order valence-electron chi connectivity index (χ2n) is 5.15. The number of nitrogens with zero attached hydrogens (tertiary/aromatic N) is 2. The van der Waals surface area contributed by atoms with E-state index in [1.807, 2.05) is 30.3 Å². The lowest BCUT2D eigenvalue weighted by Crippen LogP contribution is -2.33. The second-order valence-corrected chi connectivity index (χ2v) is 5.15. The number of amides is 1. The number of nitrogens with two attached hydrogens (primary N) is 1. The van der Waals surface area contributed by atoms with Crippen molar-refractivity contribution in [1.82, 2.24) is 5.12 Å². The van der Waals surface area contributed by atoms with Crippen molar-refractivity contribution in [3.8, 4) is 0 Å². The van der Waals surface area contributed by atoms with Gasteiger partial charge in [-0.1, -0.05) is 54.6 Å². The number of nitroso groups, excluding NO2 is 1. The third-order valence-corrected chi connectivity index (χ3v) is 3.50. The average molecular weight is 297 g/mol. The number of carbonyl (C=O) groups is 1. The molecule has 0 saturated heterocycles. The van der Waals surface area contributed by atoms with Gasteiger partial charge in [0.15, 0.2) is 0 Å². The van der Waals surface area contributed by atoms with E-state index in [2.05, 4.69) is 29.6 Å². The molecule has 0 spiro atoms. The number of carbonyl (C=O) groups excluding carboxylic acids is 1. The van der Waals surface area contributed by atoms with Crippen LogP contribution in [-0.2, 0) is 24.1 Å². The maximum Gasteiger partial charge on any atom is 0.264 e. The summed E-state index contributed by atoms with van der Waals surface area (Å²) in [7, 11) is 0. The molecule has 2 aromatic rings. The van der Waals surface area contributed by atoms with Gasteiger partial charge in [-0.05, 0) is 36.0 Å². The van der Waals surface area contributed by atoms with Crippen LogP contribution in [0.25, 0.3) is 0 Å². The molecular weight excluding hydrogens is 278 g/mol. The molecule has 0 radical (unpaired) electrons. The van der Waals surface area contributed by atoms with Gasteiger partial charge in [-0.2, -0.15) is 0 Å². The van der Waals surface area contributed by atoms with Crippen LogP contribution in [0.5, 0.6) is 0 Å². The molecule has 114 valence electrons. The lowest BCUT2D eigenvalue weighted by Gasteiger charge is -2.07. The number of aryl methyl sites for hydroxylation is 2. The minimum Gasteiger partial charge on any atom is -0.271 e. The lowest BCUT2D eigenvalue weighted by molar-refractivity contribution is -0.130. The summed E-state index contributed by atoms with van der Waals surface area (Å²) >= 11 is 0. The molecule has 1 amide bonds. The molecule has 0 aliphatic carbocycles. The fraction of sp³-hybridized carbons (Fsp3) is 0.235. The average Bonchev–Trinajstić information content (AvgIpc) is 2.56. The summed E-state index contributed by atoms with van der Waals surface area (Å²) < 4.78 is 0. The van der Waals surface area contributed by atoms with Crippen molar-refractivity contribution >= 4 is 5.91 Å². The Morgan fingerprint density at radius 2 is 1.45 bits per heavy atom. The van der Waals surface area contributed by atoms with E-state index in [1.54, 1.807) is 0 Å². The molecule has 5 nitrogen and oxygen atoms in total. The van der Waals surface area contributed by atoms with Crippen LogP contribution in [0, 0.1) is 4.91 Å². The molecule has 0 heterocycles. The highest BCUT2D eigenvalue weighted by molar-refractivity contribution is 5.77. The standard InChI is InChI=1S/C17H19N3O2/c18-20(19-22)17(21)13-16-11-9-15(10-12-16)8-4-7-14-5-2-1-3-6-14/h1-3,5-6,9-12H,4,7-8,13,18H2. The van der Waals surface area contributed by atoms with Crippen molar-refractivity contribution in [1.29, 1.82) is 0 Å². The summed E-state index contributed by atoms with van der Waals surface area (Å²) in [4.78, 5) is 21.6. The lowest BCUT2D eigenvalue weighted by atomic mass is 10.0. The molecule has 0 aliphatic rings. The van der Waals surface area contributed by atoms with Crippen LogP contribution in [0.15, 0.2) is 59.9 Å². The third kappa shape index (κ3) is 4.79. The van der Waals surface area contributed by atoms with Crippen LogP contribution in [0.3, 0.4) is 0 Å². The summed E-state index contributed by atoms with van der Waals surface area (Å²) in [6.07, 6.45) is 3.19. The molecule has 22 heavy (non-hydrogen) atoms. The maximum absolute atomic E-state index is 11.5. The van der Waals surface area contributed by atoms with Crippen molar-refractivity contribution < 1.29 is 4.79 Å². The molecule has 2 N–H and O–H groups in total. The Labute approximate surface area is 129 Å². The largest absolute Gasteiger partial charge is 0.271 e. The molecule has 0 unspecified atom stereocenters. The summed E-state index contributed by atoms with van der Waals surface area (Å²) in [5, 5.41) is 2.71. The number of hydrogen-bond acceptors (Lipinski definition) is 4. The highest BCUT2D eigenvalue weighted by atomic mass is 16.3. The molecule has 2 aromatic carbocycles. The molecule has 2 rings (SSSR count). The molecular formula is C17H19N3O2. The quantitative estimate of drug-likeness (QED) is 0.369. The van der Waals surface area contributed by atoms with Crippen LogP contribution >= 0.6 is 0 Å². The first-order valence-electron chi connectivity index (χ1n) is 7.21. The molecule has 0 bridgehead atoms. The van der Waals surface area contributed by atoms with Crippen LogP contribution in [0.4, 0.5) is 0 Å². The normalized spacial score (nSPS) is 10.2. The van der Waals surface area contributed by atoms with Gasteiger partial charge >= 0.3 is 0 Å². The topological polar surface area (TPSA) is 75.8 Å². The molecule has 0 saturated carbocycles. The van der Waals surface area contributed by atoms with Gasteiger partial charge in [0.25, 0.3) is 5.91 Å². The van der Waals surface area contributed by atoms with Gasteiger partial charge in [-0.15, -0.1) is 10.0 Å². The van der Waals surface area contributed by atoms with E-state index in [0.717, 1.165) is 24.8 Å². The number of rotatable bonds is 7. The fourth-order valence-electron chi connectivity index (χ4n) is 2.27. The van der Waals surface area contributed by atoms with Crippen LogP contribution in [0.2, 0.25) is 0 Å². The number of benzene rings is 2. The summed E-state index contributed by atoms with van der Waals surface area (Å²) in [5.74, 6) is 4.60. The van der Waals surface area contributed by atoms with Crippen molar-refractivity contribution in [2.24, 2.45) is 11.1 Å². The summed E-state index contributed by atoms with van der Waals surface area (Å²) in [6.45, 7) is 0. The number of hydrazine groups is 1. The Bertz CT molecular complexity index is 612. The minimum absolute atomic E-state index is 0.0759. The van der Waals surface area contributed by atoms with Crippen LogP contribution in [-0.4, -0.2) is 11.0 Å². The van der Waals surface area contributed by atoms with E-state index in [4.69, 9.17) is 5.84 Å². The first-order chi connectivity index (χ1) is 10.7. The van der Waals surface area contributed by atoms with Gasteiger partial charge in [0, 0.05) is 0 Å².